The standard InChI is InChI=1S/C27H30N6O4/c1-17-14-21-22(15-20(17)28-19-9-10-19)33(25-24(29-21)26(36)31-27(37)30-25)13-12-32(11-5-8-23(34)35)16-18-6-3-2-4-7-18/h2-4,6-7,14-15,19,28H,5,8-13,16H2,1H3,(H,34,35)(H,31,36,37). The molecule has 0 amide bonds. The first-order valence-electron chi connectivity index (χ1n) is 12.6. The van der Waals surface area contributed by atoms with Crippen molar-refractivity contribution in [1.82, 2.24) is 24.4 Å². The van der Waals surface area contributed by atoms with Crippen molar-refractivity contribution in [3.05, 3.63) is 74.4 Å². The second-order valence-electron chi connectivity index (χ2n) is 9.64. The zero-order valence-corrected chi connectivity index (χ0v) is 20.7. The smallest absolute Gasteiger partial charge is 0.349 e. The lowest BCUT2D eigenvalue weighted by Gasteiger charge is -2.25. The van der Waals surface area contributed by atoms with E-state index < -0.39 is 17.2 Å². The number of hydrogen-bond acceptors (Lipinski definition) is 7. The fraction of sp³-hybridized carbons (Fsp3) is 0.370. The molecule has 10 nitrogen and oxygen atoms in total. The van der Waals surface area contributed by atoms with E-state index in [0.717, 1.165) is 35.2 Å². The molecule has 1 aliphatic carbocycles. The van der Waals surface area contributed by atoms with Crippen LogP contribution in [0.15, 0.2) is 52.1 Å². The van der Waals surface area contributed by atoms with E-state index in [1.165, 1.54) is 0 Å². The highest BCUT2D eigenvalue weighted by Gasteiger charge is 2.24. The van der Waals surface area contributed by atoms with Gasteiger partial charge in [-0.25, -0.2) is 9.78 Å². The summed E-state index contributed by atoms with van der Waals surface area (Å²) in [6, 6.07) is 14.4. The van der Waals surface area contributed by atoms with Crippen LogP contribution in [0.1, 0.15) is 36.8 Å². The van der Waals surface area contributed by atoms with Gasteiger partial charge in [0, 0.05) is 37.8 Å². The highest BCUT2D eigenvalue weighted by Crippen LogP contribution is 2.31. The maximum absolute atomic E-state index is 12.6. The lowest BCUT2D eigenvalue weighted by molar-refractivity contribution is -0.137. The van der Waals surface area contributed by atoms with Crippen LogP contribution in [0.3, 0.4) is 0 Å². The van der Waals surface area contributed by atoms with Gasteiger partial charge in [0.2, 0.25) is 0 Å². The third-order valence-corrected chi connectivity index (χ3v) is 6.65. The number of rotatable bonds is 11. The molecule has 37 heavy (non-hydrogen) atoms. The lowest BCUT2D eigenvalue weighted by Crippen LogP contribution is -2.32. The molecule has 2 aromatic carbocycles. The number of fused-ring (bicyclic) bond motifs is 2. The zero-order chi connectivity index (χ0) is 25.9. The van der Waals surface area contributed by atoms with Crippen molar-refractivity contribution in [1.29, 1.82) is 0 Å². The molecular weight excluding hydrogens is 472 g/mol. The second kappa shape index (κ2) is 10.5. The van der Waals surface area contributed by atoms with Gasteiger partial charge in [0.05, 0.1) is 11.0 Å². The summed E-state index contributed by atoms with van der Waals surface area (Å²) in [7, 11) is 0. The van der Waals surface area contributed by atoms with Gasteiger partial charge in [-0.3, -0.25) is 19.5 Å². The van der Waals surface area contributed by atoms with Gasteiger partial charge < -0.3 is 15.0 Å². The molecule has 192 valence electrons. The largest absolute Gasteiger partial charge is 0.481 e. The van der Waals surface area contributed by atoms with Crippen molar-refractivity contribution in [2.24, 2.45) is 0 Å². The number of aromatic nitrogens is 4. The first kappa shape index (κ1) is 24.6. The van der Waals surface area contributed by atoms with E-state index >= 15 is 0 Å². The molecule has 2 aromatic rings. The van der Waals surface area contributed by atoms with E-state index in [1.807, 2.05) is 54.0 Å². The molecule has 0 bridgehead atoms. The van der Waals surface area contributed by atoms with E-state index in [-0.39, 0.29) is 17.9 Å². The predicted molar refractivity (Wildman–Crippen MR) is 141 cm³/mol. The third-order valence-electron chi connectivity index (χ3n) is 6.65. The minimum Gasteiger partial charge on any atom is -0.481 e. The quantitative estimate of drug-likeness (QED) is 0.267. The number of H-pyrrole nitrogens is 1. The fourth-order valence-electron chi connectivity index (χ4n) is 4.58. The molecule has 3 N–H and O–H groups in total. The molecule has 0 atom stereocenters. The second-order valence-corrected chi connectivity index (χ2v) is 9.64. The third kappa shape index (κ3) is 5.86. The lowest BCUT2D eigenvalue weighted by atomic mass is 10.1. The Hall–Kier alpha value is -4.05. The summed E-state index contributed by atoms with van der Waals surface area (Å²) < 4.78 is 1.89. The Morgan fingerprint density at radius 3 is 2.68 bits per heavy atom. The van der Waals surface area contributed by atoms with Crippen LogP contribution in [-0.4, -0.2) is 54.6 Å². The summed E-state index contributed by atoms with van der Waals surface area (Å²) in [5.41, 5.74) is 3.43. The number of nitrogens with zero attached hydrogens (tertiary/aromatic N) is 4. The van der Waals surface area contributed by atoms with Gasteiger partial charge in [-0.05, 0) is 56.0 Å². The van der Waals surface area contributed by atoms with E-state index in [1.54, 1.807) is 0 Å². The molecule has 0 saturated heterocycles. The van der Waals surface area contributed by atoms with Crippen molar-refractivity contribution in [3.8, 4) is 11.5 Å². The van der Waals surface area contributed by atoms with Crippen molar-refractivity contribution in [2.75, 3.05) is 18.4 Å². The predicted octanol–water partition coefficient (Wildman–Crippen LogP) is 2.83. The summed E-state index contributed by atoms with van der Waals surface area (Å²) in [5, 5.41) is 12.7. The van der Waals surface area contributed by atoms with Crippen LogP contribution in [0.2, 0.25) is 0 Å². The number of aliphatic carboxylic acids is 1. The minimum atomic E-state index is -0.822. The normalized spacial score (nSPS) is 13.5. The van der Waals surface area contributed by atoms with Crippen molar-refractivity contribution in [2.45, 2.75) is 51.7 Å². The fourth-order valence-corrected chi connectivity index (χ4v) is 4.58. The first-order chi connectivity index (χ1) is 17.9. The van der Waals surface area contributed by atoms with Crippen LogP contribution in [0.5, 0.6) is 0 Å². The minimum absolute atomic E-state index is 0.0888. The van der Waals surface area contributed by atoms with Crippen LogP contribution in [0.25, 0.3) is 22.6 Å². The van der Waals surface area contributed by atoms with Crippen molar-refractivity contribution < 1.29 is 9.90 Å². The molecule has 2 aliphatic heterocycles. The molecule has 1 fully saturated rings. The van der Waals surface area contributed by atoms with Crippen molar-refractivity contribution in [3.63, 3.8) is 0 Å². The van der Waals surface area contributed by atoms with Crippen LogP contribution in [0, 0.1) is 6.92 Å². The molecule has 2 heterocycles. The summed E-state index contributed by atoms with van der Waals surface area (Å²) in [6.45, 7) is 4.26. The number of aryl methyl sites for hydroxylation is 1. The maximum Gasteiger partial charge on any atom is 0.349 e. The highest BCUT2D eigenvalue weighted by molar-refractivity contribution is 5.84. The average molecular weight is 503 g/mol. The Balaban J connectivity index is 1.53. The highest BCUT2D eigenvalue weighted by atomic mass is 16.4. The summed E-state index contributed by atoms with van der Waals surface area (Å²) in [6.07, 6.45) is 2.87. The van der Waals surface area contributed by atoms with Gasteiger partial charge in [0.15, 0.2) is 11.5 Å². The van der Waals surface area contributed by atoms with Crippen molar-refractivity contribution >= 4 is 22.7 Å². The number of carboxylic acids is 1. The van der Waals surface area contributed by atoms with E-state index in [2.05, 4.69) is 25.2 Å². The SMILES string of the molecule is Cc1cc2nc3c(=O)[nH]c(=O)nc-3n(CCN(CCCC(=O)O)Cc3ccccc3)c2cc1NC1CC1. The average Bonchev–Trinajstić information content (AvgIpc) is 3.67. The number of benzene rings is 2. The Kier molecular flexibility index (Phi) is 7.00. The van der Waals surface area contributed by atoms with E-state index in [4.69, 9.17) is 5.11 Å². The van der Waals surface area contributed by atoms with Gasteiger partial charge in [-0.1, -0.05) is 30.3 Å². The van der Waals surface area contributed by atoms with E-state index in [0.29, 0.717) is 44.2 Å². The van der Waals surface area contributed by atoms with Gasteiger partial charge in [-0.15, -0.1) is 0 Å². The van der Waals surface area contributed by atoms with Crippen LogP contribution in [0.4, 0.5) is 5.69 Å². The number of nitrogens with one attached hydrogen (secondary N) is 2. The molecule has 0 radical (unpaired) electrons. The maximum atomic E-state index is 12.6. The molecular formula is C27H30N6O4. The molecule has 0 unspecified atom stereocenters. The Labute approximate surface area is 213 Å². The molecule has 3 aliphatic rings. The first-order valence-corrected chi connectivity index (χ1v) is 12.6. The zero-order valence-electron chi connectivity index (χ0n) is 20.7. The molecule has 0 aromatic heterocycles. The number of anilines is 1. The topological polar surface area (TPSA) is 133 Å². The molecule has 5 rings (SSSR count). The van der Waals surface area contributed by atoms with Crippen LogP contribution < -0.4 is 16.6 Å². The van der Waals surface area contributed by atoms with Gasteiger partial charge in [-0.2, -0.15) is 4.98 Å². The van der Waals surface area contributed by atoms with Crippen LogP contribution >= 0.6 is 0 Å². The summed E-state index contributed by atoms with van der Waals surface area (Å²) in [4.78, 5) is 49.0. The Morgan fingerprint density at radius 2 is 1.95 bits per heavy atom. The number of hydrogen-bond donors (Lipinski definition) is 3. The van der Waals surface area contributed by atoms with Gasteiger partial charge >= 0.3 is 11.7 Å². The summed E-state index contributed by atoms with van der Waals surface area (Å²) in [5.74, 6) is -0.578. The monoisotopic (exact) mass is 502 g/mol. The number of carbonyl (C=O) groups is 1. The Bertz CT molecular complexity index is 1510. The molecule has 0 spiro atoms. The van der Waals surface area contributed by atoms with Crippen LogP contribution in [-0.2, 0) is 17.9 Å². The number of aromatic amines is 1. The molecule has 10 heteroatoms. The Morgan fingerprint density at radius 1 is 1.16 bits per heavy atom. The molecule has 1 saturated carbocycles. The summed E-state index contributed by atoms with van der Waals surface area (Å²) >= 11 is 0. The number of carboxylic acid groups (broad SMARTS) is 1. The van der Waals surface area contributed by atoms with Gasteiger partial charge in [0.1, 0.15) is 0 Å². The van der Waals surface area contributed by atoms with Gasteiger partial charge in [0.25, 0.3) is 5.56 Å². The van der Waals surface area contributed by atoms with E-state index in [9.17, 15) is 14.4 Å².